The molecule has 4 rings (SSSR count). The molecular weight excluding hydrogens is 414 g/mol. The number of hydrogen-bond acceptors (Lipinski definition) is 5. The van der Waals surface area contributed by atoms with E-state index in [9.17, 15) is 17.2 Å². The van der Waals surface area contributed by atoms with E-state index in [1.807, 2.05) is 41.5 Å². The first-order valence-electron chi connectivity index (χ1n) is 9.32. The molecule has 4 nitrogen and oxygen atoms in total. The van der Waals surface area contributed by atoms with Gasteiger partial charge in [-0.15, -0.1) is 11.3 Å². The second-order valence-electron chi connectivity index (χ2n) is 7.11. The zero-order valence-corrected chi connectivity index (χ0v) is 17.4. The van der Waals surface area contributed by atoms with Gasteiger partial charge in [0.25, 0.3) is 0 Å². The maximum atomic E-state index is 14.0. The maximum Gasteiger partial charge on any atom is 0.187 e. The SMILES string of the molecule is Cc1ccccc1-c1csc(N2CCC(S(=O)(=O)c3c(F)cccc3F)CC2)n1. The van der Waals surface area contributed by atoms with Gasteiger partial charge in [0, 0.05) is 24.0 Å². The van der Waals surface area contributed by atoms with E-state index in [2.05, 4.69) is 0 Å². The number of hydrogen-bond donors (Lipinski definition) is 0. The van der Waals surface area contributed by atoms with Crippen molar-refractivity contribution in [2.75, 3.05) is 18.0 Å². The number of rotatable bonds is 4. The van der Waals surface area contributed by atoms with Gasteiger partial charge < -0.3 is 4.90 Å². The molecule has 0 saturated carbocycles. The fraction of sp³-hybridized carbons (Fsp3) is 0.286. The van der Waals surface area contributed by atoms with E-state index in [-0.39, 0.29) is 0 Å². The summed E-state index contributed by atoms with van der Waals surface area (Å²) in [6, 6.07) is 11.1. The monoisotopic (exact) mass is 434 g/mol. The van der Waals surface area contributed by atoms with Crippen molar-refractivity contribution in [2.24, 2.45) is 0 Å². The van der Waals surface area contributed by atoms with Crippen LogP contribution in [0.15, 0.2) is 52.7 Å². The average molecular weight is 435 g/mol. The second kappa shape index (κ2) is 7.84. The summed E-state index contributed by atoms with van der Waals surface area (Å²) in [6.45, 7) is 2.98. The third kappa shape index (κ3) is 3.79. The molecule has 0 unspecified atom stereocenters. The highest BCUT2D eigenvalue weighted by atomic mass is 32.2. The predicted molar refractivity (Wildman–Crippen MR) is 111 cm³/mol. The molecule has 0 N–H and O–H groups in total. The van der Waals surface area contributed by atoms with Crippen LogP contribution in [0.25, 0.3) is 11.3 Å². The molecule has 8 heteroatoms. The largest absolute Gasteiger partial charge is 0.348 e. The Kier molecular flexibility index (Phi) is 5.40. The standard InChI is InChI=1S/C21H20F2N2O2S2/c1-14-5-2-3-6-16(14)19-13-28-21(24-19)25-11-9-15(10-12-25)29(26,27)20-17(22)7-4-8-18(20)23/h2-8,13,15H,9-12H2,1H3. The van der Waals surface area contributed by atoms with Crippen LogP contribution in [-0.4, -0.2) is 31.7 Å². The Morgan fingerprint density at radius 1 is 1.03 bits per heavy atom. The number of halogens is 2. The second-order valence-corrected chi connectivity index (χ2v) is 10.1. The van der Waals surface area contributed by atoms with Crippen LogP contribution in [0.4, 0.5) is 13.9 Å². The van der Waals surface area contributed by atoms with Crippen LogP contribution in [0, 0.1) is 18.6 Å². The summed E-state index contributed by atoms with van der Waals surface area (Å²) in [5.41, 5.74) is 3.11. The molecule has 1 saturated heterocycles. The molecule has 1 aliphatic rings. The van der Waals surface area contributed by atoms with Gasteiger partial charge in [0.05, 0.1) is 10.9 Å². The molecule has 0 radical (unpaired) electrons. The van der Waals surface area contributed by atoms with E-state index in [4.69, 9.17) is 4.98 Å². The molecule has 1 fully saturated rings. The molecule has 0 amide bonds. The zero-order chi connectivity index (χ0) is 20.6. The lowest BCUT2D eigenvalue weighted by Crippen LogP contribution is -2.39. The Balaban J connectivity index is 1.50. The van der Waals surface area contributed by atoms with E-state index >= 15 is 0 Å². The van der Waals surface area contributed by atoms with Gasteiger partial charge >= 0.3 is 0 Å². The van der Waals surface area contributed by atoms with E-state index in [0.29, 0.717) is 25.9 Å². The summed E-state index contributed by atoms with van der Waals surface area (Å²) in [6.07, 6.45) is 0.602. The third-order valence-electron chi connectivity index (χ3n) is 5.27. The topological polar surface area (TPSA) is 50.3 Å². The molecule has 0 atom stereocenters. The summed E-state index contributed by atoms with van der Waals surface area (Å²) >= 11 is 1.51. The van der Waals surface area contributed by atoms with Crippen molar-refractivity contribution in [3.63, 3.8) is 0 Å². The van der Waals surface area contributed by atoms with Crippen molar-refractivity contribution in [1.82, 2.24) is 4.98 Å². The number of aryl methyl sites for hydroxylation is 1. The lowest BCUT2D eigenvalue weighted by Gasteiger charge is -2.31. The Hall–Kier alpha value is -2.32. The highest BCUT2D eigenvalue weighted by Crippen LogP contribution is 2.33. The lowest BCUT2D eigenvalue weighted by atomic mass is 10.1. The summed E-state index contributed by atoms with van der Waals surface area (Å²) in [5, 5.41) is 2.02. The number of nitrogens with zero attached hydrogens (tertiary/aromatic N) is 2. The number of sulfone groups is 1. The minimum Gasteiger partial charge on any atom is -0.348 e. The molecule has 2 aromatic carbocycles. The van der Waals surface area contributed by atoms with E-state index in [1.165, 1.54) is 17.4 Å². The van der Waals surface area contributed by atoms with Crippen LogP contribution in [0.3, 0.4) is 0 Å². The fourth-order valence-electron chi connectivity index (χ4n) is 3.67. The van der Waals surface area contributed by atoms with Crippen molar-refractivity contribution in [2.45, 2.75) is 29.9 Å². The highest BCUT2D eigenvalue weighted by molar-refractivity contribution is 7.92. The Morgan fingerprint density at radius 2 is 1.69 bits per heavy atom. The van der Waals surface area contributed by atoms with Crippen LogP contribution in [-0.2, 0) is 9.84 Å². The first kappa shape index (κ1) is 20.0. The van der Waals surface area contributed by atoms with Crippen LogP contribution in [0.5, 0.6) is 0 Å². The van der Waals surface area contributed by atoms with E-state index < -0.39 is 31.6 Å². The zero-order valence-electron chi connectivity index (χ0n) is 15.8. The highest BCUT2D eigenvalue weighted by Gasteiger charge is 2.35. The van der Waals surface area contributed by atoms with Crippen LogP contribution >= 0.6 is 11.3 Å². The summed E-state index contributed by atoms with van der Waals surface area (Å²) < 4.78 is 53.6. The minimum absolute atomic E-state index is 0.301. The van der Waals surface area contributed by atoms with Gasteiger partial charge in [-0.2, -0.15) is 0 Å². The quantitative estimate of drug-likeness (QED) is 0.590. The van der Waals surface area contributed by atoms with Crippen molar-refractivity contribution in [1.29, 1.82) is 0 Å². The molecule has 152 valence electrons. The molecule has 1 aromatic heterocycles. The molecule has 0 bridgehead atoms. The summed E-state index contributed by atoms with van der Waals surface area (Å²) in [4.78, 5) is 5.94. The van der Waals surface area contributed by atoms with Gasteiger partial charge in [-0.05, 0) is 37.5 Å². The van der Waals surface area contributed by atoms with Crippen molar-refractivity contribution >= 4 is 26.3 Å². The van der Waals surface area contributed by atoms with Crippen LogP contribution in [0.2, 0.25) is 0 Å². The minimum atomic E-state index is -4.07. The van der Waals surface area contributed by atoms with E-state index in [0.717, 1.165) is 34.1 Å². The molecule has 1 aliphatic heterocycles. The van der Waals surface area contributed by atoms with Crippen molar-refractivity contribution < 1.29 is 17.2 Å². The normalized spacial score (nSPS) is 15.6. The summed E-state index contributed by atoms with van der Waals surface area (Å²) in [7, 11) is -4.07. The number of benzene rings is 2. The number of piperidine rings is 1. The van der Waals surface area contributed by atoms with Crippen LogP contribution in [0.1, 0.15) is 18.4 Å². The number of anilines is 1. The predicted octanol–water partition coefficient (Wildman–Crippen LogP) is 4.84. The Labute approximate surface area is 172 Å². The molecule has 0 aliphatic carbocycles. The van der Waals surface area contributed by atoms with E-state index in [1.54, 1.807) is 0 Å². The van der Waals surface area contributed by atoms with Crippen molar-refractivity contribution in [3.8, 4) is 11.3 Å². The van der Waals surface area contributed by atoms with Gasteiger partial charge in [0.1, 0.15) is 16.5 Å². The molecular formula is C21H20F2N2O2S2. The lowest BCUT2D eigenvalue weighted by molar-refractivity contribution is 0.497. The third-order valence-corrected chi connectivity index (χ3v) is 8.48. The Bertz CT molecular complexity index is 1120. The Morgan fingerprint density at radius 3 is 2.34 bits per heavy atom. The fourth-order valence-corrected chi connectivity index (χ4v) is 6.40. The number of aromatic nitrogens is 1. The molecule has 29 heavy (non-hydrogen) atoms. The maximum absolute atomic E-state index is 14.0. The first-order valence-corrected chi connectivity index (χ1v) is 11.7. The van der Waals surface area contributed by atoms with Gasteiger partial charge in [-0.3, -0.25) is 0 Å². The molecule has 3 aromatic rings. The van der Waals surface area contributed by atoms with Gasteiger partial charge in [0.2, 0.25) is 0 Å². The summed E-state index contributed by atoms with van der Waals surface area (Å²) in [5.74, 6) is -2.06. The first-order chi connectivity index (χ1) is 13.9. The molecule has 2 heterocycles. The van der Waals surface area contributed by atoms with Crippen molar-refractivity contribution in [3.05, 3.63) is 65.0 Å². The molecule has 0 spiro atoms. The van der Waals surface area contributed by atoms with Crippen LogP contribution < -0.4 is 4.90 Å². The van der Waals surface area contributed by atoms with Gasteiger partial charge in [-0.25, -0.2) is 22.2 Å². The smallest absolute Gasteiger partial charge is 0.187 e. The number of thiazole rings is 1. The van der Waals surface area contributed by atoms with Gasteiger partial charge in [0.15, 0.2) is 15.0 Å². The van der Waals surface area contributed by atoms with Gasteiger partial charge in [-0.1, -0.05) is 30.3 Å². The average Bonchev–Trinajstić information content (AvgIpc) is 3.18.